The fourth-order valence-corrected chi connectivity index (χ4v) is 3.52. The molecule has 1 amide bonds. The molecule has 25 heavy (non-hydrogen) atoms. The Balaban J connectivity index is 1.63. The molecule has 4 rings (SSSR count). The van der Waals surface area contributed by atoms with Gasteiger partial charge < -0.3 is 9.47 Å². The van der Waals surface area contributed by atoms with Gasteiger partial charge in [-0.2, -0.15) is 0 Å². The predicted molar refractivity (Wildman–Crippen MR) is 94.6 cm³/mol. The lowest BCUT2D eigenvalue weighted by Gasteiger charge is -2.05. The van der Waals surface area contributed by atoms with Crippen LogP contribution in [0, 0.1) is 5.82 Å². The standard InChI is InChI=1S/C17H12ClFN2O3S/c18-9-2-3-11(19)10(6-9)16(22)21-17-20-12-7-13-14(8-15(12)25-17)24-5-1-4-23-13/h2-3,6-8H,1,4-5H2,(H,20,21,22). The van der Waals surface area contributed by atoms with E-state index in [1.165, 1.54) is 23.5 Å². The highest BCUT2D eigenvalue weighted by Crippen LogP contribution is 2.37. The number of fused-ring (bicyclic) bond motifs is 2. The van der Waals surface area contributed by atoms with Gasteiger partial charge in [-0.15, -0.1) is 0 Å². The molecule has 0 spiro atoms. The Morgan fingerprint density at radius 1 is 1.20 bits per heavy atom. The molecule has 2 aromatic carbocycles. The van der Waals surface area contributed by atoms with Gasteiger partial charge in [0, 0.05) is 23.6 Å². The number of halogens is 2. The summed E-state index contributed by atoms with van der Waals surface area (Å²) in [5.74, 6) is 0.0473. The first kappa shape index (κ1) is 16.1. The highest BCUT2D eigenvalue weighted by molar-refractivity contribution is 7.22. The van der Waals surface area contributed by atoms with Gasteiger partial charge in [-0.1, -0.05) is 22.9 Å². The summed E-state index contributed by atoms with van der Waals surface area (Å²) < 4.78 is 25.9. The average molecular weight is 379 g/mol. The minimum Gasteiger partial charge on any atom is -0.490 e. The van der Waals surface area contributed by atoms with Crippen molar-refractivity contribution in [3.8, 4) is 11.5 Å². The topological polar surface area (TPSA) is 60.5 Å². The van der Waals surface area contributed by atoms with Crippen molar-refractivity contribution >= 4 is 44.2 Å². The molecule has 0 aliphatic carbocycles. The Bertz CT molecular complexity index is 933. The van der Waals surface area contributed by atoms with Gasteiger partial charge in [-0.3, -0.25) is 10.1 Å². The third kappa shape index (κ3) is 3.25. The Morgan fingerprint density at radius 2 is 1.96 bits per heavy atom. The van der Waals surface area contributed by atoms with Gasteiger partial charge in [0.1, 0.15) is 5.82 Å². The summed E-state index contributed by atoms with van der Waals surface area (Å²) >= 11 is 7.10. The van der Waals surface area contributed by atoms with E-state index in [4.69, 9.17) is 21.1 Å². The lowest BCUT2D eigenvalue weighted by Crippen LogP contribution is -2.13. The van der Waals surface area contributed by atoms with E-state index in [-0.39, 0.29) is 10.6 Å². The van der Waals surface area contributed by atoms with E-state index < -0.39 is 11.7 Å². The lowest BCUT2D eigenvalue weighted by molar-refractivity contribution is 0.102. The molecule has 0 fully saturated rings. The van der Waals surface area contributed by atoms with Crippen molar-refractivity contribution in [2.24, 2.45) is 0 Å². The summed E-state index contributed by atoms with van der Waals surface area (Å²) in [7, 11) is 0. The van der Waals surface area contributed by atoms with Crippen molar-refractivity contribution in [3.05, 3.63) is 46.7 Å². The van der Waals surface area contributed by atoms with E-state index in [2.05, 4.69) is 10.3 Å². The number of carbonyl (C=O) groups excluding carboxylic acids is 1. The van der Waals surface area contributed by atoms with Crippen LogP contribution in [-0.2, 0) is 0 Å². The molecule has 2 heterocycles. The van der Waals surface area contributed by atoms with Crippen molar-refractivity contribution in [1.29, 1.82) is 0 Å². The summed E-state index contributed by atoms with van der Waals surface area (Å²) in [5.41, 5.74) is 0.547. The largest absolute Gasteiger partial charge is 0.490 e. The van der Waals surface area contributed by atoms with E-state index in [1.807, 2.05) is 6.07 Å². The van der Waals surface area contributed by atoms with Crippen LogP contribution in [0.15, 0.2) is 30.3 Å². The molecule has 128 valence electrons. The molecule has 0 radical (unpaired) electrons. The van der Waals surface area contributed by atoms with E-state index in [0.717, 1.165) is 17.2 Å². The molecule has 0 saturated carbocycles. The molecule has 1 N–H and O–H groups in total. The molecule has 1 aromatic heterocycles. The molecule has 0 saturated heterocycles. The number of aromatic nitrogens is 1. The van der Waals surface area contributed by atoms with Crippen LogP contribution >= 0.6 is 22.9 Å². The quantitative estimate of drug-likeness (QED) is 0.713. The maximum absolute atomic E-state index is 13.8. The second-order valence-electron chi connectivity index (χ2n) is 5.41. The fourth-order valence-electron chi connectivity index (χ4n) is 2.47. The number of nitrogens with zero attached hydrogens (tertiary/aromatic N) is 1. The highest BCUT2D eigenvalue weighted by atomic mass is 35.5. The van der Waals surface area contributed by atoms with Gasteiger partial charge >= 0.3 is 0 Å². The summed E-state index contributed by atoms with van der Waals surface area (Å²) in [4.78, 5) is 16.6. The number of ether oxygens (including phenoxy) is 2. The molecular formula is C17H12ClFN2O3S. The Kier molecular flexibility index (Phi) is 4.19. The SMILES string of the molecule is O=C(Nc1nc2cc3c(cc2s1)OCCCO3)c1cc(Cl)ccc1F. The highest BCUT2D eigenvalue weighted by Gasteiger charge is 2.17. The smallest absolute Gasteiger partial charge is 0.260 e. The van der Waals surface area contributed by atoms with Gasteiger partial charge in [-0.25, -0.2) is 9.37 Å². The van der Waals surface area contributed by atoms with Gasteiger partial charge in [0.05, 0.1) is 29.0 Å². The normalized spacial score (nSPS) is 13.5. The van der Waals surface area contributed by atoms with Crippen LogP contribution in [-0.4, -0.2) is 24.1 Å². The number of benzene rings is 2. The van der Waals surface area contributed by atoms with Crippen LogP contribution in [0.25, 0.3) is 10.2 Å². The second kappa shape index (κ2) is 6.50. The van der Waals surface area contributed by atoms with E-state index in [9.17, 15) is 9.18 Å². The number of hydrogen-bond donors (Lipinski definition) is 1. The number of anilines is 1. The molecule has 0 bridgehead atoms. The first-order valence-corrected chi connectivity index (χ1v) is 8.76. The molecule has 1 aliphatic heterocycles. The van der Waals surface area contributed by atoms with Crippen molar-refractivity contribution in [1.82, 2.24) is 4.98 Å². The van der Waals surface area contributed by atoms with Crippen molar-refractivity contribution in [3.63, 3.8) is 0 Å². The summed E-state index contributed by atoms with van der Waals surface area (Å²) in [6.07, 6.45) is 0.822. The number of carbonyl (C=O) groups is 1. The van der Waals surface area contributed by atoms with Crippen LogP contribution in [0.1, 0.15) is 16.8 Å². The molecule has 0 unspecified atom stereocenters. The zero-order valence-electron chi connectivity index (χ0n) is 12.8. The molecule has 8 heteroatoms. The molecular weight excluding hydrogens is 367 g/mol. The van der Waals surface area contributed by atoms with Gasteiger partial charge in [0.15, 0.2) is 16.6 Å². The Hall–Kier alpha value is -2.38. The third-order valence-corrected chi connectivity index (χ3v) is 4.82. The number of amides is 1. The van der Waals surface area contributed by atoms with E-state index in [0.29, 0.717) is 35.4 Å². The van der Waals surface area contributed by atoms with Crippen LogP contribution in [0.2, 0.25) is 5.02 Å². The number of hydrogen-bond acceptors (Lipinski definition) is 5. The first-order chi connectivity index (χ1) is 12.1. The van der Waals surface area contributed by atoms with Crippen LogP contribution in [0.5, 0.6) is 11.5 Å². The maximum Gasteiger partial charge on any atom is 0.260 e. The van der Waals surface area contributed by atoms with Crippen molar-refractivity contribution in [2.45, 2.75) is 6.42 Å². The third-order valence-electron chi connectivity index (χ3n) is 3.65. The maximum atomic E-state index is 13.8. The molecule has 0 atom stereocenters. The Morgan fingerprint density at radius 3 is 2.76 bits per heavy atom. The van der Waals surface area contributed by atoms with E-state index >= 15 is 0 Å². The summed E-state index contributed by atoms with van der Waals surface area (Å²) in [6, 6.07) is 7.44. The minimum atomic E-state index is -0.642. The number of thiazole rings is 1. The minimum absolute atomic E-state index is 0.130. The summed E-state index contributed by atoms with van der Waals surface area (Å²) in [6.45, 7) is 1.18. The zero-order valence-corrected chi connectivity index (χ0v) is 14.4. The Labute approximate surface area is 151 Å². The monoisotopic (exact) mass is 378 g/mol. The summed E-state index contributed by atoms with van der Waals surface area (Å²) in [5, 5.41) is 3.25. The average Bonchev–Trinajstić information content (AvgIpc) is 2.82. The van der Waals surface area contributed by atoms with Crippen LogP contribution in [0.3, 0.4) is 0 Å². The molecule has 5 nitrogen and oxygen atoms in total. The van der Waals surface area contributed by atoms with Crippen LogP contribution < -0.4 is 14.8 Å². The van der Waals surface area contributed by atoms with Crippen LogP contribution in [0.4, 0.5) is 9.52 Å². The fraction of sp³-hybridized carbons (Fsp3) is 0.176. The van der Waals surface area contributed by atoms with Gasteiger partial charge in [0.25, 0.3) is 5.91 Å². The second-order valence-corrected chi connectivity index (χ2v) is 6.88. The van der Waals surface area contributed by atoms with E-state index in [1.54, 1.807) is 6.07 Å². The predicted octanol–water partition coefficient (Wildman–Crippen LogP) is 4.50. The van der Waals surface area contributed by atoms with Gasteiger partial charge in [-0.05, 0) is 18.2 Å². The van der Waals surface area contributed by atoms with Gasteiger partial charge in [0.2, 0.25) is 0 Å². The number of nitrogens with one attached hydrogen (secondary N) is 1. The van der Waals surface area contributed by atoms with Crippen molar-refractivity contribution < 1.29 is 18.7 Å². The zero-order chi connectivity index (χ0) is 17.4. The first-order valence-electron chi connectivity index (χ1n) is 7.57. The molecule has 1 aliphatic rings. The lowest BCUT2D eigenvalue weighted by atomic mass is 10.2. The molecule has 3 aromatic rings. The van der Waals surface area contributed by atoms with Crippen molar-refractivity contribution in [2.75, 3.05) is 18.5 Å². The number of rotatable bonds is 2.